The average Bonchev–Trinajstić information content (AvgIpc) is 2.13. The van der Waals surface area contributed by atoms with Gasteiger partial charge in [-0.15, -0.1) is 0 Å². The van der Waals surface area contributed by atoms with Gasteiger partial charge in [0.25, 0.3) is 0 Å². The molecule has 0 heteroatoms. The van der Waals surface area contributed by atoms with E-state index < -0.39 is 0 Å². The van der Waals surface area contributed by atoms with Crippen LogP contribution in [0.4, 0.5) is 0 Å². The Hall–Kier alpha value is -0.260. The van der Waals surface area contributed by atoms with Crippen molar-refractivity contribution < 1.29 is 0 Å². The van der Waals surface area contributed by atoms with E-state index >= 15 is 0 Å². The van der Waals surface area contributed by atoms with Crippen LogP contribution in [0.15, 0.2) is 11.6 Å². The van der Waals surface area contributed by atoms with Gasteiger partial charge in [-0.1, -0.05) is 38.8 Å². The van der Waals surface area contributed by atoms with Gasteiger partial charge in [-0.3, -0.25) is 0 Å². The third-order valence-electron chi connectivity index (χ3n) is 4.07. The van der Waals surface area contributed by atoms with E-state index in [2.05, 4.69) is 26.8 Å². The molecule has 0 nitrogen and oxygen atoms in total. The van der Waals surface area contributed by atoms with Crippen molar-refractivity contribution in [1.82, 2.24) is 0 Å². The van der Waals surface area contributed by atoms with Crippen LogP contribution in [0.3, 0.4) is 0 Å². The van der Waals surface area contributed by atoms with Crippen molar-refractivity contribution in [1.29, 1.82) is 0 Å². The van der Waals surface area contributed by atoms with E-state index in [1.807, 2.05) is 0 Å². The monoisotopic (exact) mass is 178 g/mol. The molecule has 0 aromatic heterocycles. The molecule has 0 saturated heterocycles. The number of hydrogen-bond donors (Lipinski definition) is 0. The van der Waals surface area contributed by atoms with Crippen LogP contribution in [0.1, 0.15) is 46.5 Å². The number of allylic oxidation sites excluding steroid dienone is 2. The fourth-order valence-electron chi connectivity index (χ4n) is 3.03. The molecule has 0 heterocycles. The van der Waals surface area contributed by atoms with Gasteiger partial charge in [-0.05, 0) is 42.9 Å². The minimum Gasteiger partial charge on any atom is -0.0822 e. The molecule has 0 radical (unpaired) electrons. The van der Waals surface area contributed by atoms with Crippen molar-refractivity contribution in [2.45, 2.75) is 46.5 Å². The molecule has 4 unspecified atom stereocenters. The molecular formula is C13H22. The molecule has 4 atom stereocenters. The third kappa shape index (κ3) is 1.68. The first-order chi connectivity index (χ1) is 6.20. The predicted molar refractivity (Wildman–Crippen MR) is 57.5 cm³/mol. The maximum atomic E-state index is 2.55. The fourth-order valence-corrected chi connectivity index (χ4v) is 3.03. The molecule has 2 bridgehead atoms. The average molecular weight is 178 g/mol. The van der Waals surface area contributed by atoms with Gasteiger partial charge >= 0.3 is 0 Å². The van der Waals surface area contributed by atoms with Crippen LogP contribution in [-0.4, -0.2) is 0 Å². The van der Waals surface area contributed by atoms with E-state index in [1.165, 1.54) is 25.7 Å². The van der Waals surface area contributed by atoms with E-state index in [0.29, 0.717) is 0 Å². The summed E-state index contributed by atoms with van der Waals surface area (Å²) < 4.78 is 0. The zero-order chi connectivity index (χ0) is 9.42. The van der Waals surface area contributed by atoms with Gasteiger partial charge in [0.05, 0.1) is 0 Å². The molecule has 3 aliphatic rings. The SMILES string of the molecule is CCC(C)CC1C2=CC(C)CC1C2. The van der Waals surface area contributed by atoms with Gasteiger partial charge in [-0.2, -0.15) is 0 Å². The smallest absolute Gasteiger partial charge is 0.0169 e. The molecule has 0 spiro atoms. The highest BCUT2D eigenvalue weighted by Crippen LogP contribution is 2.51. The molecular weight excluding hydrogens is 156 g/mol. The standard InChI is InChI=1S/C13H22/c1-4-9(2)7-13-11-5-10(3)6-12(13)8-11/h5,9-10,12-13H,4,6-8H2,1-3H3. The van der Waals surface area contributed by atoms with Crippen LogP contribution in [0.2, 0.25) is 0 Å². The number of fused-ring (bicyclic) bond motifs is 2. The van der Waals surface area contributed by atoms with Crippen LogP contribution in [0, 0.1) is 23.7 Å². The molecule has 0 N–H and O–H groups in total. The first-order valence-electron chi connectivity index (χ1n) is 5.91. The Balaban J connectivity index is 1.94. The normalized spacial score (nSPS) is 39.3. The maximum absolute atomic E-state index is 2.55. The second-order valence-electron chi connectivity index (χ2n) is 5.27. The zero-order valence-electron chi connectivity index (χ0n) is 9.22. The number of rotatable bonds is 3. The van der Waals surface area contributed by atoms with Crippen molar-refractivity contribution in [3.63, 3.8) is 0 Å². The summed E-state index contributed by atoms with van der Waals surface area (Å²) in [6.07, 6.45) is 8.26. The van der Waals surface area contributed by atoms with Gasteiger partial charge in [0.1, 0.15) is 0 Å². The van der Waals surface area contributed by atoms with E-state index in [1.54, 1.807) is 5.57 Å². The number of hydrogen-bond acceptors (Lipinski definition) is 0. The molecule has 0 aromatic rings. The molecule has 1 fully saturated rings. The summed E-state index contributed by atoms with van der Waals surface area (Å²) in [7, 11) is 0. The van der Waals surface area contributed by atoms with Gasteiger partial charge in [-0.25, -0.2) is 0 Å². The van der Waals surface area contributed by atoms with Crippen molar-refractivity contribution in [2.24, 2.45) is 23.7 Å². The molecule has 0 aliphatic heterocycles. The molecule has 3 aliphatic carbocycles. The maximum Gasteiger partial charge on any atom is -0.0169 e. The van der Waals surface area contributed by atoms with Crippen LogP contribution in [-0.2, 0) is 0 Å². The van der Waals surface area contributed by atoms with Crippen LogP contribution < -0.4 is 0 Å². The van der Waals surface area contributed by atoms with Gasteiger partial charge in [0, 0.05) is 0 Å². The lowest BCUT2D eigenvalue weighted by Gasteiger charge is -2.46. The van der Waals surface area contributed by atoms with Gasteiger partial charge < -0.3 is 0 Å². The summed E-state index contributed by atoms with van der Waals surface area (Å²) in [5, 5.41) is 0. The molecule has 13 heavy (non-hydrogen) atoms. The minimum absolute atomic E-state index is 0.877. The molecule has 74 valence electrons. The Morgan fingerprint density at radius 1 is 1.54 bits per heavy atom. The first kappa shape index (κ1) is 9.30. The second kappa shape index (κ2) is 3.48. The third-order valence-corrected chi connectivity index (χ3v) is 4.07. The zero-order valence-corrected chi connectivity index (χ0v) is 9.22. The summed E-state index contributed by atoms with van der Waals surface area (Å²) in [5.41, 5.74) is 1.80. The van der Waals surface area contributed by atoms with Gasteiger partial charge in [0.2, 0.25) is 0 Å². The minimum atomic E-state index is 0.877. The van der Waals surface area contributed by atoms with Crippen LogP contribution in [0.25, 0.3) is 0 Å². The Kier molecular flexibility index (Phi) is 2.49. The Morgan fingerprint density at radius 2 is 2.31 bits per heavy atom. The van der Waals surface area contributed by atoms with E-state index in [0.717, 1.165) is 23.7 Å². The van der Waals surface area contributed by atoms with Crippen LogP contribution in [0.5, 0.6) is 0 Å². The lowest BCUT2D eigenvalue weighted by atomic mass is 9.59. The molecule has 0 aromatic carbocycles. The highest BCUT2D eigenvalue weighted by molar-refractivity contribution is 5.23. The van der Waals surface area contributed by atoms with Crippen molar-refractivity contribution >= 4 is 0 Å². The van der Waals surface area contributed by atoms with Crippen LogP contribution >= 0.6 is 0 Å². The highest BCUT2D eigenvalue weighted by Gasteiger charge is 2.39. The fraction of sp³-hybridized carbons (Fsp3) is 0.846. The summed E-state index contributed by atoms with van der Waals surface area (Å²) in [4.78, 5) is 0. The summed E-state index contributed by atoms with van der Waals surface area (Å²) in [5.74, 6) is 3.86. The van der Waals surface area contributed by atoms with Crippen molar-refractivity contribution in [2.75, 3.05) is 0 Å². The molecule has 1 saturated carbocycles. The van der Waals surface area contributed by atoms with Crippen molar-refractivity contribution in [3.8, 4) is 0 Å². The van der Waals surface area contributed by atoms with E-state index in [9.17, 15) is 0 Å². The Morgan fingerprint density at radius 3 is 2.85 bits per heavy atom. The largest absolute Gasteiger partial charge is 0.0822 e. The quantitative estimate of drug-likeness (QED) is 0.572. The topological polar surface area (TPSA) is 0 Å². The second-order valence-corrected chi connectivity index (χ2v) is 5.27. The van der Waals surface area contributed by atoms with E-state index in [-0.39, 0.29) is 0 Å². The lowest BCUT2D eigenvalue weighted by Crippen LogP contribution is -2.35. The van der Waals surface area contributed by atoms with Crippen molar-refractivity contribution in [3.05, 3.63) is 11.6 Å². The van der Waals surface area contributed by atoms with E-state index in [4.69, 9.17) is 0 Å². The molecule has 3 rings (SSSR count). The molecule has 0 amide bonds. The summed E-state index contributed by atoms with van der Waals surface area (Å²) in [6, 6.07) is 0. The lowest BCUT2D eigenvalue weighted by molar-refractivity contribution is 0.177. The predicted octanol–water partition coefficient (Wildman–Crippen LogP) is 4.02. The van der Waals surface area contributed by atoms with Gasteiger partial charge in [0.15, 0.2) is 0 Å². The highest BCUT2D eigenvalue weighted by atomic mass is 14.4. The Labute approximate surface area is 82.4 Å². The summed E-state index contributed by atoms with van der Waals surface area (Å²) in [6.45, 7) is 7.08. The Bertz CT molecular complexity index is 214. The first-order valence-corrected chi connectivity index (χ1v) is 5.91. The summed E-state index contributed by atoms with van der Waals surface area (Å²) >= 11 is 0.